The molecule has 0 aliphatic rings. The standard InChI is InChI=1S/C23H30N7O5P.C9H14N5O4P.C7H15NO2.CH4.ClH.FH.V/c1-15(2)34-22(31)23(4,5)29-36(32,35-18-8-6-7-17(9-18)10-24)14-33-16(3)11-30-13-28-19-20(25)26-12-27-21(19)30;1-6(18-5-19(15,16)17)2-14-4-13-7-8(10)11-3-12-9(7)14;1-5(2)10-6(9)7(3,4)8;;;;/h6-9,12-13,15-16H,11,14H2,1-5H3,(H,29,32)(H2,25,26,27);3-4,6H,2,5H2,1H3,(H2,10,11,12)(H2,15,16,17);5H,8H2,1-4H3;1H4;2*1H;/t16-,36?;6-;;;;;/m11...../s1/i/hT. The Bertz CT molecular complexity index is 2540. The van der Waals surface area contributed by atoms with E-state index in [2.05, 4.69) is 36.4 Å². The molecule has 5 rings (SSSR count). The van der Waals surface area contributed by atoms with E-state index in [1.165, 1.54) is 25.0 Å². The van der Waals surface area contributed by atoms with Crippen molar-refractivity contribution in [2.24, 2.45) is 5.73 Å². The molecule has 0 saturated carbocycles. The number of hydrogen-bond acceptors (Lipinski definition) is 19. The zero-order chi connectivity index (χ0) is 50.9. The zero-order valence-corrected chi connectivity index (χ0v) is 43.2. The van der Waals surface area contributed by atoms with Gasteiger partial charge in [-0.25, -0.2) is 35.0 Å². The molecule has 1 unspecified atom stereocenters. The molecule has 0 amide bonds. The smallest absolute Gasteiger partial charge is 0.350 e. The number of nitrogen functional groups attached to an aromatic ring is 2. The number of ether oxygens (including phenoxy) is 4. The average molecular weight is 1070 g/mol. The maximum absolute atomic E-state index is 13.9. The number of fused-ring (bicyclic) bond motifs is 2. The Kier molecular flexibility index (Phi) is 26.7. The van der Waals surface area contributed by atoms with E-state index in [9.17, 15) is 24.0 Å². The Morgan fingerprint density at radius 3 is 1.68 bits per heavy atom. The van der Waals surface area contributed by atoms with E-state index >= 15 is 0 Å². The maximum Gasteiger partial charge on any atom is 0.350 e. The molecule has 0 fully saturated rings. The third kappa shape index (κ3) is 21.8. The Balaban J connectivity index is 0. The molecule has 9 N–H and O–H groups in total. The van der Waals surface area contributed by atoms with Gasteiger partial charge in [-0.15, -0.1) is 12.4 Å². The van der Waals surface area contributed by atoms with Crippen molar-refractivity contribution < 1.29 is 75.3 Å². The second-order valence-corrected chi connectivity index (χ2v) is 19.9. The molecule has 29 heteroatoms. The molecule has 1 radical (unpaired) electrons. The summed E-state index contributed by atoms with van der Waals surface area (Å²) in [6, 6.07) is 8.24. The summed E-state index contributed by atoms with van der Waals surface area (Å²) in [6.07, 6.45) is 3.51. The molecule has 385 valence electrons. The van der Waals surface area contributed by atoms with E-state index in [-0.39, 0.29) is 80.3 Å². The molecule has 0 saturated heterocycles. The monoisotopic (exact) mass is 1070 g/mol. The van der Waals surface area contributed by atoms with Gasteiger partial charge in [0.25, 0.3) is 1.45 Å². The number of carbonyl (C=O) groups excluding carboxylic acids is 2. The normalized spacial score (nSPS) is 13.1. The van der Waals surface area contributed by atoms with Crippen molar-refractivity contribution in [1.29, 1.82) is 6.71 Å². The summed E-state index contributed by atoms with van der Waals surface area (Å²) in [6.45, 7) is 17.5. The number of esters is 2. The summed E-state index contributed by atoms with van der Waals surface area (Å²) in [7, 11) is -8.00. The van der Waals surface area contributed by atoms with Crippen LogP contribution in [-0.4, -0.2) is 110 Å². The third-order valence-corrected chi connectivity index (χ3v) is 10.6. The summed E-state index contributed by atoms with van der Waals surface area (Å²) in [5, 5.41) is 12.0. The number of nitrogens with zero attached hydrogens (tertiary/aromatic N) is 9. The summed E-state index contributed by atoms with van der Waals surface area (Å²) in [5.74, 6) is -0.205. The largest absolute Gasteiger partial charge is 0.462 e. The first kappa shape index (κ1) is 64.2. The summed E-state index contributed by atoms with van der Waals surface area (Å²) < 4.78 is 68.0. The van der Waals surface area contributed by atoms with Crippen LogP contribution in [0.15, 0.2) is 49.6 Å². The fraction of sp³-hybridized carbons (Fsp3) is 0.525. The first-order valence-electron chi connectivity index (χ1n) is 20.4. The van der Waals surface area contributed by atoms with Gasteiger partial charge in [0.05, 0.1) is 61.8 Å². The van der Waals surface area contributed by atoms with Crippen LogP contribution in [-0.2, 0) is 69.3 Å². The number of aromatic nitrogens is 8. The predicted molar refractivity (Wildman–Crippen MR) is 256 cm³/mol. The molecule has 0 spiro atoms. The van der Waals surface area contributed by atoms with Crippen LogP contribution in [0.3, 0.4) is 0 Å². The van der Waals surface area contributed by atoms with Crippen LogP contribution in [0.2, 0.25) is 0 Å². The third-order valence-electron chi connectivity index (χ3n) is 8.21. The molecule has 4 heterocycles. The van der Waals surface area contributed by atoms with Crippen molar-refractivity contribution in [3.8, 4) is 11.8 Å². The Morgan fingerprint density at radius 2 is 1.28 bits per heavy atom. The van der Waals surface area contributed by atoms with Crippen molar-refractivity contribution >= 4 is 73.4 Å². The van der Waals surface area contributed by atoms with Gasteiger partial charge in [0.1, 0.15) is 53.2 Å². The van der Waals surface area contributed by atoms with Gasteiger partial charge >= 0.3 is 27.1 Å². The van der Waals surface area contributed by atoms with Crippen LogP contribution in [0.1, 0.15) is 82.2 Å². The minimum Gasteiger partial charge on any atom is -0.462 e. The van der Waals surface area contributed by atoms with Crippen molar-refractivity contribution in [2.45, 2.75) is 125 Å². The second kappa shape index (κ2) is 28.7. The molecule has 0 aliphatic carbocycles. The van der Waals surface area contributed by atoms with Gasteiger partial charge in [-0.3, -0.25) is 23.4 Å². The minimum absolute atomic E-state index is 0. The number of carbonyl (C=O) groups is 2. The van der Waals surface area contributed by atoms with E-state index in [1.54, 1.807) is 103 Å². The van der Waals surface area contributed by atoms with Crippen molar-refractivity contribution in [1.82, 2.24) is 44.1 Å². The van der Waals surface area contributed by atoms with Gasteiger partial charge in [-0.1, -0.05) is 13.5 Å². The van der Waals surface area contributed by atoms with E-state index in [0.717, 1.165) is 0 Å². The minimum atomic E-state index is -4.16. The molecule has 0 aliphatic heterocycles. The van der Waals surface area contributed by atoms with Crippen molar-refractivity contribution in [3.05, 3.63) is 55.1 Å². The molecule has 24 nitrogen and oxygen atoms in total. The number of halogens is 2. The fourth-order valence-corrected chi connectivity index (χ4v) is 7.71. The van der Waals surface area contributed by atoms with Crippen LogP contribution in [0.4, 0.5) is 16.4 Å². The summed E-state index contributed by atoms with van der Waals surface area (Å²) in [4.78, 5) is 65.4. The summed E-state index contributed by atoms with van der Waals surface area (Å²) >= 11 is 0. The van der Waals surface area contributed by atoms with Gasteiger partial charge in [0.2, 0.25) is 0 Å². The van der Waals surface area contributed by atoms with Gasteiger partial charge < -0.3 is 59.6 Å². The summed E-state index contributed by atoms with van der Waals surface area (Å²) in [5.41, 5.74) is 17.1. The van der Waals surface area contributed by atoms with Gasteiger partial charge in [-0.05, 0) is 87.4 Å². The van der Waals surface area contributed by atoms with Crippen LogP contribution in [0, 0.1) is 11.3 Å². The number of benzene rings is 1. The van der Waals surface area contributed by atoms with Crippen LogP contribution < -0.4 is 26.8 Å². The molecular weight excluding hydrogens is 1010 g/mol. The maximum atomic E-state index is 13.9. The van der Waals surface area contributed by atoms with Crippen molar-refractivity contribution in [3.63, 3.8) is 0 Å². The number of hydrogen-bond donors (Lipinski definition) is 6. The van der Waals surface area contributed by atoms with Gasteiger partial charge in [0, 0.05) is 18.6 Å². The van der Waals surface area contributed by atoms with Gasteiger partial charge in [-0.2, -0.15) is 5.26 Å². The van der Waals surface area contributed by atoms with E-state index < -0.39 is 50.7 Å². The van der Waals surface area contributed by atoms with Crippen LogP contribution >= 0.6 is 27.5 Å². The Morgan fingerprint density at radius 1 is 0.826 bits per heavy atom. The number of nitriles is 1. The number of rotatable bonds is 18. The number of imidazole rings is 2. The number of nitrogens with two attached hydrogens (primary N) is 3. The number of anilines is 2. The topological polar surface area (TPSA) is 356 Å². The van der Waals surface area contributed by atoms with Crippen LogP contribution in [0.5, 0.6) is 5.75 Å². The van der Waals surface area contributed by atoms with E-state index in [1.807, 2.05) is 6.07 Å². The predicted octanol–water partition coefficient (Wildman–Crippen LogP) is 5.07. The second-order valence-electron chi connectivity index (χ2n) is 16.3. The molecule has 4 aromatic heterocycles. The number of nitrogens with one attached hydrogen (secondary N) is 1. The van der Waals surface area contributed by atoms with Gasteiger partial charge in [0.15, 0.2) is 22.9 Å². The molecule has 69 heavy (non-hydrogen) atoms. The van der Waals surface area contributed by atoms with E-state index in [4.69, 9.17) is 55.2 Å². The molecular formula is C40H65ClFN13O11P2V. The quantitative estimate of drug-likeness (QED) is 0.0493. The first-order valence-corrected chi connectivity index (χ1v) is 23.6. The fourth-order valence-electron chi connectivity index (χ4n) is 5.25. The van der Waals surface area contributed by atoms with Crippen LogP contribution in [0.25, 0.3) is 22.3 Å². The Labute approximate surface area is 420 Å². The Hall–Kier alpha value is -4.83. The first-order chi connectivity index (χ1) is 31.1. The molecule has 0 bridgehead atoms. The average Bonchev–Trinajstić information content (AvgIpc) is 3.84. The molecule has 3 atom stereocenters. The van der Waals surface area contributed by atoms with E-state index in [0.29, 0.717) is 41.0 Å². The molecule has 5 aromatic rings. The van der Waals surface area contributed by atoms with Crippen molar-refractivity contribution in [2.75, 3.05) is 24.2 Å². The zero-order valence-electron chi connectivity index (χ0n) is 40.2. The SMILES string of the molecule is C.CC(C)OC(=O)C(C)(C)N.CC(C)OC(=O)C(C)(C)NP(=O)(CO[C@H](C)Cn1cnc2c(N)ncnc21)Oc1cccc(C#N)c1.C[C@H](Cn1cnc2c(N)ncnc21)OCP(=O)(O)O.Cl.[3H]F.[V]. The molecule has 1 aromatic carbocycles.